The second-order valence-corrected chi connectivity index (χ2v) is 5.46. The number of anilines is 1. The predicted molar refractivity (Wildman–Crippen MR) is 74.4 cm³/mol. The Morgan fingerprint density at radius 1 is 1.42 bits per heavy atom. The smallest absolute Gasteiger partial charge is 0.161 e. The van der Waals surface area contributed by atoms with Gasteiger partial charge in [-0.1, -0.05) is 0 Å². The van der Waals surface area contributed by atoms with E-state index >= 15 is 0 Å². The van der Waals surface area contributed by atoms with Crippen molar-refractivity contribution in [1.29, 1.82) is 0 Å². The molecular formula is C14H22N4O. The molecule has 3 rings (SSSR count). The molecule has 1 saturated heterocycles. The summed E-state index contributed by atoms with van der Waals surface area (Å²) in [6.07, 6.45) is 2.52. The van der Waals surface area contributed by atoms with Crippen molar-refractivity contribution in [3.05, 3.63) is 17.6 Å². The summed E-state index contributed by atoms with van der Waals surface area (Å²) >= 11 is 0. The van der Waals surface area contributed by atoms with E-state index in [0.717, 1.165) is 37.9 Å². The van der Waals surface area contributed by atoms with E-state index in [0.29, 0.717) is 5.92 Å². The third kappa shape index (κ3) is 3.04. The molecule has 104 valence electrons. The van der Waals surface area contributed by atoms with E-state index < -0.39 is 0 Å². The van der Waals surface area contributed by atoms with Crippen LogP contribution in [-0.4, -0.2) is 48.2 Å². The topological polar surface area (TPSA) is 50.3 Å². The van der Waals surface area contributed by atoms with Gasteiger partial charge in [0, 0.05) is 37.3 Å². The summed E-state index contributed by atoms with van der Waals surface area (Å²) in [5, 5.41) is 3.30. The summed E-state index contributed by atoms with van der Waals surface area (Å²) in [4.78, 5) is 11.6. The molecule has 1 saturated carbocycles. The summed E-state index contributed by atoms with van der Waals surface area (Å²) in [7, 11) is 2.12. The molecule has 1 unspecified atom stereocenters. The molecule has 1 aliphatic heterocycles. The van der Waals surface area contributed by atoms with Gasteiger partial charge in [0.1, 0.15) is 11.9 Å². The van der Waals surface area contributed by atoms with Crippen LogP contribution < -0.4 is 5.32 Å². The van der Waals surface area contributed by atoms with Gasteiger partial charge in [0.05, 0.1) is 6.61 Å². The standard InChI is InChI=1S/C14H22N4O/c1-3-15-13-8-11(10-4-5-10)16-14(17-13)12-9-18(2)6-7-19-12/h8,10,12H,3-7,9H2,1-2H3,(H,15,16,17). The number of nitrogens with zero attached hydrogens (tertiary/aromatic N) is 3. The van der Waals surface area contributed by atoms with Gasteiger partial charge in [0.2, 0.25) is 0 Å². The predicted octanol–water partition coefficient (Wildman–Crippen LogP) is 1.79. The molecule has 2 heterocycles. The van der Waals surface area contributed by atoms with Crippen molar-refractivity contribution < 1.29 is 4.74 Å². The molecule has 1 atom stereocenters. The molecule has 1 aromatic heterocycles. The highest BCUT2D eigenvalue weighted by Crippen LogP contribution is 2.40. The molecule has 2 fully saturated rings. The van der Waals surface area contributed by atoms with Crippen molar-refractivity contribution in [2.45, 2.75) is 31.8 Å². The van der Waals surface area contributed by atoms with Crippen LogP contribution in [-0.2, 0) is 4.74 Å². The normalized spacial score (nSPS) is 24.4. The van der Waals surface area contributed by atoms with E-state index in [1.54, 1.807) is 0 Å². The lowest BCUT2D eigenvalue weighted by Gasteiger charge is -2.29. The zero-order chi connectivity index (χ0) is 13.2. The molecular weight excluding hydrogens is 240 g/mol. The first kappa shape index (κ1) is 12.8. The fourth-order valence-electron chi connectivity index (χ4n) is 2.42. The lowest BCUT2D eigenvalue weighted by atomic mass is 10.2. The van der Waals surface area contributed by atoms with E-state index in [-0.39, 0.29) is 6.10 Å². The average Bonchev–Trinajstić information content (AvgIpc) is 3.23. The summed E-state index contributed by atoms with van der Waals surface area (Å²) in [5.41, 5.74) is 1.18. The molecule has 0 amide bonds. The quantitative estimate of drug-likeness (QED) is 0.896. The van der Waals surface area contributed by atoms with Crippen molar-refractivity contribution in [2.24, 2.45) is 0 Å². The van der Waals surface area contributed by atoms with Gasteiger partial charge < -0.3 is 15.0 Å². The highest BCUT2D eigenvalue weighted by molar-refractivity contribution is 5.38. The van der Waals surface area contributed by atoms with Crippen molar-refractivity contribution in [3.8, 4) is 0 Å². The van der Waals surface area contributed by atoms with E-state index in [4.69, 9.17) is 9.72 Å². The van der Waals surface area contributed by atoms with Gasteiger partial charge in [0.25, 0.3) is 0 Å². The third-order valence-corrected chi connectivity index (χ3v) is 3.67. The molecule has 5 heteroatoms. The number of aromatic nitrogens is 2. The summed E-state index contributed by atoms with van der Waals surface area (Å²) < 4.78 is 5.83. The van der Waals surface area contributed by atoms with Gasteiger partial charge in [-0.3, -0.25) is 0 Å². The Hall–Kier alpha value is -1.20. The van der Waals surface area contributed by atoms with Crippen LogP contribution in [0.5, 0.6) is 0 Å². The maximum absolute atomic E-state index is 5.83. The number of nitrogens with one attached hydrogen (secondary N) is 1. The highest BCUT2D eigenvalue weighted by Gasteiger charge is 2.28. The molecule has 0 bridgehead atoms. The largest absolute Gasteiger partial charge is 0.370 e. The second-order valence-electron chi connectivity index (χ2n) is 5.46. The number of hydrogen-bond donors (Lipinski definition) is 1. The summed E-state index contributed by atoms with van der Waals surface area (Å²) in [6.45, 7) is 5.59. The minimum absolute atomic E-state index is 0.00913. The Bertz CT molecular complexity index is 447. The number of ether oxygens (including phenoxy) is 1. The van der Waals surface area contributed by atoms with Crippen molar-refractivity contribution in [2.75, 3.05) is 38.6 Å². The zero-order valence-corrected chi connectivity index (χ0v) is 11.7. The Morgan fingerprint density at radius 2 is 2.26 bits per heavy atom. The van der Waals surface area contributed by atoms with Gasteiger partial charge in [0.15, 0.2) is 5.82 Å². The molecule has 5 nitrogen and oxygen atoms in total. The Morgan fingerprint density at radius 3 is 2.95 bits per heavy atom. The van der Waals surface area contributed by atoms with Crippen molar-refractivity contribution in [3.63, 3.8) is 0 Å². The molecule has 1 aliphatic carbocycles. The third-order valence-electron chi connectivity index (χ3n) is 3.67. The molecule has 19 heavy (non-hydrogen) atoms. The second kappa shape index (κ2) is 5.43. The van der Waals surface area contributed by atoms with Gasteiger partial charge >= 0.3 is 0 Å². The minimum atomic E-state index is 0.00913. The van der Waals surface area contributed by atoms with Crippen LogP contribution in [0, 0.1) is 0 Å². The van der Waals surface area contributed by atoms with Gasteiger partial charge in [-0.15, -0.1) is 0 Å². The van der Waals surface area contributed by atoms with E-state index in [1.165, 1.54) is 18.5 Å². The first-order chi connectivity index (χ1) is 9.26. The molecule has 0 spiro atoms. The maximum atomic E-state index is 5.83. The highest BCUT2D eigenvalue weighted by atomic mass is 16.5. The molecule has 0 radical (unpaired) electrons. The number of rotatable bonds is 4. The first-order valence-corrected chi connectivity index (χ1v) is 7.19. The van der Waals surface area contributed by atoms with Crippen LogP contribution >= 0.6 is 0 Å². The summed E-state index contributed by atoms with van der Waals surface area (Å²) in [6, 6.07) is 2.09. The van der Waals surface area contributed by atoms with E-state index in [9.17, 15) is 0 Å². The minimum Gasteiger partial charge on any atom is -0.370 e. The molecule has 0 aromatic carbocycles. The van der Waals surface area contributed by atoms with Gasteiger partial charge in [-0.25, -0.2) is 9.97 Å². The molecule has 2 aliphatic rings. The van der Waals surface area contributed by atoms with E-state index in [1.807, 2.05) is 0 Å². The van der Waals surface area contributed by atoms with Gasteiger partial charge in [-0.05, 0) is 26.8 Å². The number of hydrogen-bond acceptors (Lipinski definition) is 5. The maximum Gasteiger partial charge on any atom is 0.161 e. The van der Waals surface area contributed by atoms with Crippen LogP contribution in [0.15, 0.2) is 6.07 Å². The fourth-order valence-corrected chi connectivity index (χ4v) is 2.42. The molecule has 1 aromatic rings. The monoisotopic (exact) mass is 262 g/mol. The van der Waals surface area contributed by atoms with Crippen LogP contribution in [0.2, 0.25) is 0 Å². The Kier molecular flexibility index (Phi) is 3.66. The molecule has 1 N–H and O–H groups in total. The van der Waals surface area contributed by atoms with Crippen LogP contribution in [0.1, 0.15) is 43.3 Å². The lowest BCUT2D eigenvalue weighted by molar-refractivity contribution is -0.0255. The SMILES string of the molecule is CCNc1cc(C2CC2)nc(C2CN(C)CCO2)n1. The van der Waals surface area contributed by atoms with Crippen LogP contribution in [0.4, 0.5) is 5.82 Å². The van der Waals surface area contributed by atoms with Crippen molar-refractivity contribution >= 4 is 5.82 Å². The lowest BCUT2D eigenvalue weighted by Crippen LogP contribution is -2.36. The Balaban J connectivity index is 1.85. The average molecular weight is 262 g/mol. The van der Waals surface area contributed by atoms with E-state index in [2.05, 4.69) is 35.2 Å². The van der Waals surface area contributed by atoms with Crippen LogP contribution in [0.3, 0.4) is 0 Å². The number of morpholine rings is 1. The fraction of sp³-hybridized carbons (Fsp3) is 0.714. The zero-order valence-electron chi connectivity index (χ0n) is 11.7. The van der Waals surface area contributed by atoms with Crippen molar-refractivity contribution in [1.82, 2.24) is 14.9 Å². The van der Waals surface area contributed by atoms with Crippen LogP contribution in [0.25, 0.3) is 0 Å². The summed E-state index contributed by atoms with van der Waals surface area (Å²) in [5.74, 6) is 2.42. The first-order valence-electron chi connectivity index (χ1n) is 7.19. The Labute approximate surface area is 114 Å². The number of likely N-dealkylation sites (N-methyl/N-ethyl adjacent to an activating group) is 1. The van der Waals surface area contributed by atoms with Gasteiger partial charge in [-0.2, -0.15) is 0 Å².